The molecule has 2 aromatic rings. The van der Waals surface area contributed by atoms with Crippen molar-refractivity contribution in [2.45, 2.75) is 0 Å². The van der Waals surface area contributed by atoms with Crippen molar-refractivity contribution in [2.24, 2.45) is 0 Å². The molecule has 0 atom stereocenters. The molecule has 0 unspecified atom stereocenters. The third-order valence-corrected chi connectivity index (χ3v) is 3.62. The van der Waals surface area contributed by atoms with Crippen molar-refractivity contribution < 1.29 is 19.2 Å². The Morgan fingerprint density at radius 2 is 1.88 bits per heavy atom. The van der Waals surface area contributed by atoms with Crippen LogP contribution in [0.1, 0.15) is 5.56 Å². The van der Waals surface area contributed by atoms with E-state index in [0.717, 1.165) is 4.90 Å². The summed E-state index contributed by atoms with van der Waals surface area (Å²) in [7, 11) is 1.41. The minimum atomic E-state index is -0.591. The molecule has 1 N–H and O–H groups in total. The van der Waals surface area contributed by atoms with Crippen molar-refractivity contribution in [3.8, 4) is 5.75 Å². The maximum atomic E-state index is 12.5. The van der Waals surface area contributed by atoms with Gasteiger partial charge in [-0.05, 0) is 24.3 Å². The van der Waals surface area contributed by atoms with Crippen LogP contribution in [0, 0.1) is 10.1 Å². The number of urea groups is 1. The zero-order chi connectivity index (χ0) is 18.0. The summed E-state index contributed by atoms with van der Waals surface area (Å²) in [6.45, 7) is 0. The summed E-state index contributed by atoms with van der Waals surface area (Å²) >= 11 is 0. The van der Waals surface area contributed by atoms with Crippen molar-refractivity contribution in [3.05, 3.63) is 69.9 Å². The predicted octanol–water partition coefficient (Wildman–Crippen LogP) is 2.70. The molecule has 0 bridgehead atoms. The lowest BCUT2D eigenvalue weighted by atomic mass is 10.1. The Morgan fingerprint density at radius 1 is 1.16 bits per heavy atom. The van der Waals surface area contributed by atoms with Crippen LogP contribution in [0.3, 0.4) is 0 Å². The lowest BCUT2D eigenvalue weighted by Crippen LogP contribution is -2.30. The van der Waals surface area contributed by atoms with E-state index in [1.165, 1.54) is 31.4 Å². The Kier molecular flexibility index (Phi) is 4.17. The first-order valence-electron chi connectivity index (χ1n) is 7.26. The Hall–Kier alpha value is -3.68. The molecule has 1 aliphatic rings. The molecule has 3 rings (SSSR count). The number of nitro groups is 1. The summed E-state index contributed by atoms with van der Waals surface area (Å²) in [6.07, 6.45) is 1.36. The number of amides is 3. The van der Waals surface area contributed by atoms with Gasteiger partial charge in [0.1, 0.15) is 11.4 Å². The van der Waals surface area contributed by atoms with Crippen LogP contribution in [0.15, 0.2) is 54.2 Å². The second-order valence-corrected chi connectivity index (χ2v) is 5.15. The summed E-state index contributed by atoms with van der Waals surface area (Å²) < 4.78 is 5.16. The number of non-ortho nitro benzene ring substituents is 1. The zero-order valence-corrected chi connectivity index (χ0v) is 13.1. The number of methoxy groups -OCH3 is 1. The maximum absolute atomic E-state index is 12.5. The van der Waals surface area contributed by atoms with Crippen LogP contribution in [-0.4, -0.2) is 24.0 Å². The topological polar surface area (TPSA) is 102 Å². The van der Waals surface area contributed by atoms with Crippen LogP contribution in [0.25, 0.3) is 6.08 Å². The first-order chi connectivity index (χ1) is 12.0. The van der Waals surface area contributed by atoms with E-state index >= 15 is 0 Å². The van der Waals surface area contributed by atoms with E-state index in [-0.39, 0.29) is 11.4 Å². The van der Waals surface area contributed by atoms with Crippen molar-refractivity contribution in [2.75, 3.05) is 12.0 Å². The first-order valence-corrected chi connectivity index (χ1v) is 7.26. The largest absolute Gasteiger partial charge is 0.496 e. The number of nitrogens with one attached hydrogen (secondary N) is 1. The summed E-state index contributed by atoms with van der Waals surface area (Å²) in [5, 5.41) is 13.4. The van der Waals surface area contributed by atoms with Crippen LogP contribution in [0.4, 0.5) is 16.2 Å². The van der Waals surface area contributed by atoms with Crippen LogP contribution in [0.2, 0.25) is 0 Å². The number of nitrogens with zero attached hydrogens (tertiary/aromatic N) is 2. The minimum absolute atomic E-state index is 0.00708. The van der Waals surface area contributed by atoms with Crippen LogP contribution >= 0.6 is 0 Å². The van der Waals surface area contributed by atoms with Gasteiger partial charge in [-0.25, -0.2) is 9.69 Å². The third kappa shape index (κ3) is 3.05. The number of imide groups is 1. The lowest BCUT2D eigenvalue weighted by molar-refractivity contribution is -0.384. The van der Waals surface area contributed by atoms with Crippen molar-refractivity contribution >= 4 is 29.4 Å². The normalized spacial score (nSPS) is 15.4. The Balaban J connectivity index is 2.00. The highest BCUT2D eigenvalue weighted by molar-refractivity contribution is 6.28. The van der Waals surface area contributed by atoms with Gasteiger partial charge in [-0.2, -0.15) is 0 Å². The van der Waals surface area contributed by atoms with Crippen molar-refractivity contribution in [1.82, 2.24) is 5.32 Å². The molecule has 126 valence electrons. The molecule has 8 heteroatoms. The quantitative estimate of drug-likeness (QED) is 0.399. The van der Waals surface area contributed by atoms with E-state index in [1.807, 2.05) is 0 Å². The molecule has 1 saturated heterocycles. The van der Waals surface area contributed by atoms with E-state index in [2.05, 4.69) is 5.32 Å². The molecular weight excluding hydrogens is 326 g/mol. The molecule has 25 heavy (non-hydrogen) atoms. The van der Waals surface area contributed by atoms with Gasteiger partial charge in [-0.1, -0.05) is 18.2 Å². The Morgan fingerprint density at radius 3 is 2.52 bits per heavy atom. The van der Waals surface area contributed by atoms with Crippen molar-refractivity contribution in [1.29, 1.82) is 0 Å². The lowest BCUT2D eigenvalue weighted by Gasteiger charge is -2.11. The highest BCUT2D eigenvalue weighted by Gasteiger charge is 2.35. The fraction of sp³-hybridized carbons (Fsp3) is 0.0588. The Labute approximate surface area is 142 Å². The fourth-order valence-corrected chi connectivity index (χ4v) is 2.45. The van der Waals surface area contributed by atoms with Gasteiger partial charge < -0.3 is 10.1 Å². The summed E-state index contributed by atoms with van der Waals surface area (Å²) in [5.41, 5.74) is 0.603. The summed E-state index contributed by atoms with van der Waals surface area (Å²) in [6, 6.07) is 11.9. The number of nitro benzene ring substituents is 1. The van der Waals surface area contributed by atoms with Gasteiger partial charge in [0.05, 0.1) is 17.7 Å². The van der Waals surface area contributed by atoms with Gasteiger partial charge in [0, 0.05) is 17.7 Å². The number of hydrogen-bond donors (Lipinski definition) is 1. The second kappa shape index (κ2) is 6.44. The van der Waals surface area contributed by atoms with Crippen LogP contribution in [-0.2, 0) is 4.79 Å². The number of ether oxygens (including phenoxy) is 1. The van der Waals surface area contributed by atoms with Gasteiger partial charge >= 0.3 is 6.03 Å². The molecule has 1 heterocycles. The highest BCUT2D eigenvalue weighted by atomic mass is 16.6. The van der Waals surface area contributed by atoms with E-state index in [4.69, 9.17) is 4.74 Å². The molecule has 0 aromatic heterocycles. The first kappa shape index (κ1) is 16.2. The van der Waals surface area contributed by atoms with Gasteiger partial charge in [-0.15, -0.1) is 0 Å². The maximum Gasteiger partial charge on any atom is 0.333 e. The van der Waals surface area contributed by atoms with Crippen molar-refractivity contribution in [3.63, 3.8) is 0 Å². The monoisotopic (exact) mass is 339 g/mol. The third-order valence-electron chi connectivity index (χ3n) is 3.62. The zero-order valence-electron chi connectivity index (χ0n) is 13.1. The summed E-state index contributed by atoms with van der Waals surface area (Å²) in [5.74, 6) is -0.205. The molecule has 2 aromatic carbocycles. The highest BCUT2D eigenvalue weighted by Crippen LogP contribution is 2.28. The van der Waals surface area contributed by atoms with E-state index in [9.17, 15) is 19.7 Å². The number of rotatable bonds is 4. The summed E-state index contributed by atoms with van der Waals surface area (Å²) in [4.78, 5) is 36.1. The number of anilines is 1. The molecule has 8 nitrogen and oxygen atoms in total. The SMILES string of the molecule is COc1ccc([N+](=O)[O-])cc1C=C1NC(=O)N(c2ccccc2)C1=O. The molecule has 1 aliphatic heterocycles. The Bertz CT molecular complexity index is 892. The predicted molar refractivity (Wildman–Crippen MR) is 90.1 cm³/mol. The smallest absolute Gasteiger partial charge is 0.333 e. The van der Waals surface area contributed by atoms with Gasteiger partial charge in [0.15, 0.2) is 0 Å². The number of benzene rings is 2. The molecule has 0 spiro atoms. The molecule has 0 saturated carbocycles. The van der Waals surface area contributed by atoms with Gasteiger partial charge in [-0.3, -0.25) is 14.9 Å². The number of carbonyl (C=O) groups excluding carboxylic acids is 2. The fourth-order valence-electron chi connectivity index (χ4n) is 2.45. The van der Waals surface area contributed by atoms with E-state index < -0.39 is 16.9 Å². The second-order valence-electron chi connectivity index (χ2n) is 5.15. The number of para-hydroxylation sites is 1. The minimum Gasteiger partial charge on any atom is -0.496 e. The number of hydrogen-bond acceptors (Lipinski definition) is 5. The molecule has 0 radical (unpaired) electrons. The average molecular weight is 339 g/mol. The number of carbonyl (C=O) groups is 2. The van der Waals surface area contributed by atoms with E-state index in [1.54, 1.807) is 30.3 Å². The molecular formula is C17H13N3O5. The van der Waals surface area contributed by atoms with E-state index in [0.29, 0.717) is 17.0 Å². The molecule has 0 aliphatic carbocycles. The molecule has 3 amide bonds. The van der Waals surface area contributed by atoms with Crippen LogP contribution in [0.5, 0.6) is 5.75 Å². The van der Waals surface area contributed by atoms with Gasteiger partial charge in [0.25, 0.3) is 11.6 Å². The average Bonchev–Trinajstić information content (AvgIpc) is 2.89. The van der Waals surface area contributed by atoms with Gasteiger partial charge in [0.2, 0.25) is 0 Å². The molecule has 1 fully saturated rings. The standard InChI is InChI=1S/C17H13N3O5/c1-25-15-8-7-13(20(23)24)9-11(15)10-14-16(21)19(17(22)18-14)12-5-3-2-4-6-12/h2-10H,1H3,(H,18,22). The van der Waals surface area contributed by atoms with Crippen LogP contribution < -0.4 is 15.0 Å².